The van der Waals surface area contributed by atoms with Gasteiger partial charge in [-0.3, -0.25) is 9.47 Å². The van der Waals surface area contributed by atoms with Gasteiger partial charge in [0.15, 0.2) is 5.82 Å². The summed E-state index contributed by atoms with van der Waals surface area (Å²) in [6.07, 6.45) is 4.76. The smallest absolute Gasteiger partial charge is 0.415 e. The third-order valence-corrected chi connectivity index (χ3v) is 6.74. The number of benzene rings is 1. The van der Waals surface area contributed by atoms with Crippen LogP contribution in [0.15, 0.2) is 48.9 Å². The van der Waals surface area contributed by atoms with E-state index in [1.807, 2.05) is 18.2 Å². The Morgan fingerprint density at radius 3 is 2.54 bits per heavy atom. The lowest BCUT2D eigenvalue weighted by atomic mass is 9.86. The van der Waals surface area contributed by atoms with E-state index in [0.717, 1.165) is 42.8 Å². The normalized spacial score (nSPS) is 19.3. The zero-order chi connectivity index (χ0) is 24.5. The Kier molecular flexibility index (Phi) is 6.67. The number of ether oxygens (including phenoxy) is 2. The first-order valence-corrected chi connectivity index (χ1v) is 12.3. The minimum Gasteiger partial charge on any atom is -0.474 e. The summed E-state index contributed by atoms with van der Waals surface area (Å²) in [6, 6.07) is 9.25. The van der Waals surface area contributed by atoms with Crippen LogP contribution in [0.1, 0.15) is 55.7 Å². The van der Waals surface area contributed by atoms with E-state index in [0.29, 0.717) is 34.1 Å². The molecule has 182 valence electrons. The fourth-order valence-electron chi connectivity index (χ4n) is 4.68. The van der Waals surface area contributed by atoms with Crippen LogP contribution in [-0.4, -0.2) is 36.8 Å². The fraction of sp³-hybridized carbons (Fsp3) is 0.360. The third kappa shape index (κ3) is 5.13. The quantitative estimate of drug-likeness (QED) is 0.394. The molecule has 0 N–H and O–H groups in total. The van der Waals surface area contributed by atoms with Gasteiger partial charge in [0.05, 0.1) is 29.6 Å². The highest BCUT2D eigenvalue weighted by atomic mass is 35.5. The van der Waals surface area contributed by atoms with E-state index < -0.39 is 6.09 Å². The Morgan fingerprint density at radius 1 is 1.06 bits per heavy atom. The number of halogens is 2. The van der Waals surface area contributed by atoms with E-state index in [1.165, 1.54) is 0 Å². The summed E-state index contributed by atoms with van der Waals surface area (Å²) in [4.78, 5) is 18.5. The number of nitrogens with zero attached hydrogens (tertiary/aromatic N) is 5. The lowest BCUT2D eigenvalue weighted by Crippen LogP contribution is -2.30. The molecule has 1 aliphatic carbocycles. The van der Waals surface area contributed by atoms with Crippen LogP contribution in [0.25, 0.3) is 5.69 Å². The van der Waals surface area contributed by atoms with Crippen molar-refractivity contribution in [1.29, 1.82) is 0 Å². The number of allylic oxidation sites excluding steroid dienone is 1. The van der Waals surface area contributed by atoms with Gasteiger partial charge in [-0.15, -0.1) is 10.2 Å². The van der Waals surface area contributed by atoms with Gasteiger partial charge >= 0.3 is 6.09 Å². The highest BCUT2D eigenvalue weighted by molar-refractivity contribution is 6.30. The van der Waals surface area contributed by atoms with Crippen LogP contribution in [-0.2, 0) is 17.8 Å². The molecule has 3 aromatic rings. The van der Waals surface area contributed by atoms with Gasteiger partial charge in [0.1, 0.15) is 11.9 Å². The average molecular weight is 514 g/mol. The summed E-state index contributed by atoms with van der Waals surface area (Å²) < 4.78 is 13.4. The van der Waals surface area contributed by atoms with E-state index >= 15 is 0 Å². The molecule has 1 fully saturated rings. The van der Waals surface area contributed by atoms with Crippen molar-refractivity contribution < 1.29 is 14.3 Å². The van der Waals surface area contributed by atoms with Crippen molar-refractivity contribution in [1.82, 2.24) is 24.6 Å². The first kappa shape index (κ1) is 23.6. The minimum absolute atomic E-state index is 0.0879. The topological polar surface area (TPSA) is 82.4 Å². The van der Waals surface area contributed by atoms with Gasteiger partial charge < -0.3 is 9.47 Å². The second-order valence-electron chi connectivity index (χ2n) is 8.92. The number of pyridine rings is 1. The summed E-state index contributed by atoms with van der Waals surface area (Å²) in [6.45, 7) is 5.93. The molecule has 0 saturated heterocycles. The van der Waals surface area contributed by atoms with Crippen LogP contribution >= 0.6 is 23.2 Å². The largest absolute Gasteiger partial charge is 0.474 e. The molecule has 1 amide bonds. The Morgan fingerprint density at radius 2 is 1.83 bits per heavy atom. The predicted molar refractivity (Wildman–Crippen MR) is 132 cm³/mol. The summed E-state index contributed by atoms with van der Waals surface area (Å²) in [5.74, 6) is 2.71. The molecule has 1 saturated carbocycles. The van der Waals surface area contributed by atoms with Gasteiger partial charge in [-0.05, 0) is 62.4 Å². The maximum Gasteiger partial charge on any atom is 0.415 e. The van der Waals surface area contributed by atoms with Crippen molar-refractivity contribution >= 4 is 29.3 Å². The lowest BCUT2D eigenvalue weighted by molar-refractivity contribution is 0.123. The van der Waals surface area contributed by atoms with Crippen LogP contribution in [0.5, 0.6) is 5.88 Å². The summed E-state index contributed by atoms with van der Waals surface area (Å²) in [5.41, 5.74) is 1.83. The van der Waals surface area contributed by atoms with Crippen LogP contribution in [0.4, 0.5) is 4.79 Å². The molecule has 1 aliphatic heterocycles. The standard InChI is InChI=1S/C25H25Cl2N5O3/c1-15(2)34-25(33)31-13-17-11-18(26)5-9-21(17)32-22(14-31)29-30-24(32)16-3-7-20(8-4-16)35-23-10-6-19(27)12-28-23/h5-6,9-12,16,20H,1,3-4,7-8,13-14H2,2H3/t16-,20-. The second kappa shape index (κ2) is 9.87. The van der Waals surface area contributed by atoms with E-state index in [9.17, 15) is 4.79 Å². The Bertz CT molecular complexity index is 1250. The number of fused-ring (bicyclic) bond motifs is 3. The molecule has 0 spiro atoms. The molecule has 35 heavy (non-hydrogen) atoms. The minimum atomic E-state index is -0.477. The molecule has 10 heteroatoms. The molecule has 0 atom stereocenters. The van der Waals surface area contributed by atoms with E-state index in [2.05, 4.69) is 26.3 Å². The predicted octanol–water partition coefficient (Wildman–Crippen LogP) is 6.06. The Labute approximate surface area is 213 Å². The number of carbonyl (C=O) groups excluding carboxylic acids is 1. The van der Waals surface area contributed by atoms with Gasteiger partial charge in [0, 0.05) is 23.2 Å². The molecule has 2 aliphatic rings. The molecule has 0 radical (unpaired) electrons. The van der Waals surface area contributed by atoms with Crippen molar-refractivity contribution in [3.63, 3.8) is 0 Å². The third-order valence-electron chi connectivity index (χ3n) is 6.28. The maximum atomic E-state index is 12.7. The van der Waals surface area contributed by atoms with Crippen LogP contribution < -0.4 is 4.74 Å². The van der Waals surface area contributed by atoms with Crippen molar-refractivity contribution in [2.75, 3.05) is 0 Å². The maximum absolute atomic E-state index is 12.7. The van der Waals surface area contributed by atoms with Crippen molar-refractivity contribution in [2.24, 2.45) is 0 Å². The summed E-state index contributed by atoms with van der Waals surface area (Å²) in [7, 11) is 0. The number of hydrogen-bond acceptors (Lipinski definition) is 6. The SMILES string of the molecule is C=C(C)OC(=O)N1Cc2cc(Cl)ccc2-n2c(nnc2[C@H]2CC[C@H](Oc3ccc(Cl)cn3)CC2)C1. The molecule has 5 rings (SSSR count). The molecule has 0 bridgehead atoms. The van der Waals surface area contributed by atoms with E-state index in [1.54, 1.807) is 30.2 Å². The molecule has 3 heterocycles. The molecule has 0 unspecified atom stereocenters. The molecule has 8 nitrogen and oxygen atoms in total. The molecular formula is C25H25Cl2N5O3. The van der Waals surface area contributed by atoms with Crippen LogP contribution in [0.3, 0.4) is 0 Å². The Balaban J connectivity index is 1.38. The van der Waals surface area contributed by atoms with Gasteiger partial charge in [-0.25, -0.2) is 9.78 Å². The monoisotopic (exact) mass is 513 g/mol. The van der Waals surface area contributed by atoms with Crippen LogP contribution in [0, 0.1) is 0 Å². The Hall–Kier alpha value is -3.10. The van der Waals surface area contributed by atoms with Gasteiger partial charge in [-0.1, -0.05) is 29.8 Å². The summed E-state index contributed by atoms with van der Waals surface area (Å²) in [5, 5.41) is 10.2. The number of rotatable bonds is 4. The van der Waals surface area contributed by atoms with Crippen molar-refractivity contribution in [2.45, 2.75) is 57.7 Å². The highest BCUT2D eigenvalue weighted by Crippen LogP contribution is 2.37. The number of carbonyl (C=O) groups is 1. The number of amides is 1. The molecule has 2 aromatic heterocycles. The zero-order valence-electron chi connectivity index (χ0n) is 19.3. The van der Waals surface area contributed by atoms with Crippen molar-refractivity contribution in [3.05, 3.63) is 76.1 Å². The van der Waals surface area contributed by atoms with Gasteiger partial charge in [0.25, 0.3) is 0 Å². The van der Waals surface area contributed by atoms with E-state index in [-0.39, 0.29) is 18.6 Å². The summed E-state index contributed by atoms with van der Waals surface area (Å²) >= 11 is 12.2. The first-order valence-electron chi connectivity index (χ1n) is 11.5. The number of aromatic nitrogens is 4. The first-order chi connectivity index (χ1) is 16.9. The highest BCUT2D eigenvalue weighted by Gasteiger charge is 2.32. The van der Waals surface area contributed by atoms with Crippen LogP contribution in [0.2, 0.25) is 10.0 Å². The number of hydrogen-bond donors (Lipinski definition) is 0. The van der Waals surface area contributed by atoms with Gasteiger partial charge in [0.2, 0.25) is 5.88 Å². The fourth-order valence-corrected chi connectivity index (χ4v) is 4.98. The molecule has 1 aromatic carbocycles. The van der Waals surface area contributed by atoms with Crippen molar-refractivity contribution in [3.8, 4) is 11.6 Å². The molecular weight excluding hydrogens is 489 g/mol. The van der Waals surface area contributed by atoms with E-state index in [4.69, 9.17) is 32.7 Å². The van der Waals surface area contributed by atoms with Gasteiger partial charge in [-0.2, -0.15) is 0 Å². The average Bonchev–Trinajstić information content (AvgIpc) is 3.16. The lowest BCUT2D eigenvalue weighted by Gasteiger charge is -2.28. The second-order valence-corrected chi connectivity index (χ2v) is 9.79. The zero-order valence-corrected chi connectivity index (χ0v) is 20.8.